The molecule has 0 spiro atoms. The molecule has 0 heterocycles. The number of carbonyl (C=O) groups is 1. The lowest BCUT2D eigenvalue weighted by molar-refractivity contribution is -0.137. The molecule has 3 aromatic rings. The highest BCUT2D eigenvalue weighted by atomic mass is 19.1. The largest absolute Gasteiger partial charge is 0.497 e. The Morgan fingerprint density at radius 1 is 1.00 bits per heavy atom. The minimum Gasteiger partial charge on any atom is -0.497 e. The molecule has 0 aliphatic rings. The van der Waals surface area contributed by atoms with Crippen LogP contribution >= 0.6 is 0 Å². The van der Waals surface area contributed by atoms with E-state index in [2.05, 4.69) is 0 Å². The van der Waals surface area contributed by atoms with Crippen molar-refractivity contribution in [2.45, 2.75) is 65.7 Å². The van der Waals surface area contributed by atoms with Crippen LogP contribution in [0.25, 0.3) is 11.1 Å². The van der Waals surface area contributed by atoms with Gasteiger partial charge in [0.15, 0.2) is 11.6 Å². The SMILES string of the molecule is CCC[C@@H](CC(=O)O)c1cccc(OCc2ccc(-c3cc(OC)ccc3F)c([C@@H](F)C(C)(C)C)c2)c1F. The molecule has 0 radical (unpaired) electrons. The van der Waals surface area contributed by atoms with Crippen LogP contribution in [0.3, 0.4) is 0 Å². The van der Waals surface area contributed by atoms with Crippen LogP contribution in [0.5, 0.6) is 11.5 Å². The van der Waals surface area contributed by atoms with E-state index in [9.17, 15) is 14.3 Å². The zero-order chi connectivity index (χ0) is 28.0. The fourth-order valence-electron chi connectivity index (χ4n) is 4.50. The zero-order valence-electron chi connectivity index (χ0n) is 22.5. The molecule has 0 aliphatic carbocycles. The first kappa shape index (κ1) is 29.1. The number of carboxylic acids is 1. The third-order valence-corrected chi connectivity index (χ3v) is 6.50. The quantitative estimate of drug-likeness (QED) is 0.271. The van der Waals surface area contributed by atoms with Gasteiger partial charge in [-0.25, -0.2) is 13.2 Å². The summed E-state index contributed by atoms with van der Waals surface area (Å²) in [6.07, 6.45) is -0.356. The standard InChI is InChI=1S/C31H35F3O4/c1-6-8-20(16-28(35)36)22-9-7-10-27(29(22)33)38-18-19-11-13-23(25(15-19)30(34)31(2,3)4)24-17-21(37-5)12-14-26(24)32/h7,9-15,17,20,30H,6,8,16,18H2,1-5H3,(H,35,36)/t20-,30+/m0/s1. The van der Waals surface area contributed by atoms with E-state index in [0.29, 0.717) is 40.8 Å². The van der Waals surface area contributed by atoms with Crippen molar-refractivity contribution in [3.05, 3.63) is 82.9 Å². The topological polar surface area (TPSA) is 55.8 Å². The van der Waals surface area contributed by atoms with Gasteiger partial charge in [-0.1, -0.05) is 58.4 Å². The molecule has 0 unspecified atom stereocenters. The van der Waals surface area contributed by atoms with Crippen molar-refractivity contribution in [3.63, 3.8) is 0 Å². The molecule has 0 saturated carbocycles. The normalized spacial score (nSPS) is 13.2. The number of alkyl halides is 1. The van der Waals surface area contributed by atoms with Crippen LogP contribution in [0.4, 0.5) is 13.2 Å². The van der Waals surface area contributed by atoms with E-state index in [4.69, 9.17) is 9.47 Å². The van der Waals surface area contributed by atoms with E-state index in [1.807, 2.05) is 6.92 Å². The Kier molecular flexibility index (Phi) is 9.47. The van der Waals surface area contributed by atoms with Crippen molar-refractivity contribution in [3.8, 4) is 22.6 Å². The number of benzene rings is 3. The molecule has 2 atom stereocenters. The number of methoxy groups -OCH3 is 1. The summed E-state index contributed by atoms with van der Waals surface area (Å²) in [6, 6.07) is 14.0. The Morgan fingerprint density at radius 3 is 2.37 bits per heavy atom. The maximum Gasteiger partial charge on any atom is 0.303 e. The second-order valence-electron chi connectivity index (χ2n) is 10.5. The van der Waals surface area contributed by atoms with Crippen LogP contribution in [-0.4, -0.2) is 18.2 Å². The summed E-state index contributed by atoms with van der Waals surface area (Å²) < 4.78 is 56.9. The molecular formula is C31H35F3O4. The average Bonchev–Trinajstić information content (AvgIpc) is 2.87. The first-order valence-corrected chi connectivity index (χ1v) is 12.7. The van der Waals surface area contributed by atoms with Crippen LogP contribution in [0.1, 0.15) is 75.7 Å². The maximum absolute atomic E-state index is 15.7. The molecule has 38 heavy (non-hydrogen) atoms. The number of aliphatic carboxylic acids is 1. The molecular weight excluding hydrogens is 493 g/mol. The van der Waals surface area contributed by atoms with Gasteiger partial charge in [0.25, 0.3) is 0 Å². The second kappa shape index (κ2) is 12.4. The molecule has 3 aromatic carbocycles. The summed E-state index contributed by atoms with van der Waals surface area (Å²) in [5, 5.41) is 9.25. The van der Waals surface area contributed by atoms with E-state index in [0.717, 1.165) is 0 Å². The van der Waals surface area contributed by atoms with Crippen molar-refractivity contribution in [1.82, 2.24) is 0 Å². The number of carboxylic acid groups (broad SMARTS) is 1. The third kappa shape index (κ3) is 6.88. The number of hydrogen-bond donors (Lipinski definition) is 1. The molecule has 1 N–H and O–H groups in total. The predicted octanol–water partition coefficient (Wildman–Crippen LogP) is 8.63. The number of hydrogen-bond acceptors (Lipinski definition) is 3. The highest BCUT2D eigenvalue weighted by Crippen LogP contribution is 2.42. The van der Waals surface area contributed by atoms with Gasteiger partial charge in [0.1, 0.15) is 24.3 Å². The second-order valence-corrected chi connectivity index (χ2v) is 10.5. The van der Waals surface area contributed by atoms with Crippen LogP contribution in [0.2, 0.25) is 0 Å². The minimum atomic E-state index is -1.42. The van der Waals surface area contributed by atoms with Crippen molar-refractivity contribution in [2.24, 2.45) is 5.41 Å². The lowest BCUT2D eigenvalue weighted by Crippen LogP contribution is -2.15. The number of halogens is 3. The monoisotopic (exact) mass is 528 g/mol. The van der Waals surface area contributed by atoms with E-state index < -0.39 is 35.1 Å². The zero-order valence-corrected chi connectivity index (χ0v) is 22.5. The van der Waals surface area contributed by atoms with E-state index in [1.165, 1.54) is 31.4 Å². The van der Waals surface area contributed by atoms with Crippen LogP contribution < -0.4 is 9.47 Å². The van der Waals surface area contributed by atoms with Crippen molar-refractivity contribution in [1.29, 1.82) is 0 Å². The molecule has 4 nitrogen and oxygen atoms in total. The van der Waals surface area contributed by atoms with E-state index in [1.54, 1.807) is 51.1 Å². The summed E-state index contributed by atoms with van der Waals surface area (Å²) in [4.78, 5) is 11.3. The van der Waals surface area contributed by atoms with Crippen LogP contribution in [0.15, 0.2) is 54.6 Å². The summed E-state index contributed by atoms with van der Waals surface area (Å²) in [6.45, 7) is 7.15. The highest BCUT2D eigenvalue weighted by Gasteiger charge is 2.29. The Morgan fingerprint density at radius 2 is 1.74 bits per heavy atom. The Bertz CT molecular complexity index is 1270. The summed E-state index contributed by atoms with van der Waals surface area (Å²) in [5.41, 5.74) is 1.04. The smallest absolute Gasteiger partial charge is 0.303 e. The van der Waals surface area contributed by atoms with Gasteiger partial charge in [0.05, 0.1) is 13.5 Å². The highest BCUT2D eigenvalue weighted by molar-refractivity contribution is 5.70. The molecule has 0 fully saturated rings. The Labute approximate surface area is 222 Å². The Balaban J connectivity index is 1.96. The van der Waals surface area contributed by atoms with Crippen LogP contribution in [-0.2, 0) is 11.4 Å². The maximum atomic E-state index is 15.7. The first-order valence-electron chi connectivity index (χ1n) is 12.7. The lowest BCUT2D eigenvalue weighted by Gasteiger charge is -2.27. The van der Waals surface area contributed by atoms with Crippen molar-refractivity contribution >= 4 is 5.97 Å². The van der Waals surface area contributed by atoms with Gasteiger partial charge in [0, 0.05) is 5.56 Å². The lowest BCUT2D eigenvalue weighted by atomic mass is 9.82. The summed E-state index contributed by atoms with van der Waals surface area (Å²) in [5.74, 6) is -2.12. The molecule has 0 aromatic heterocycles. The molecule has 3 rings (SSSR count). The predicted molar refractivity (Wildman–Crippen MR) is 142 cm³/mol. The molecule has 0 amide bonds. The van der Waals surface area contributed by atoms with E-state index in [-0.39, 0.29) is 24.3 Å². The third-order valence-electron chi connectivity index (χ3n) is 6.50. The summed E-state index contributed by atoms with van der Waals surface area (Å²) in [7, 11) is 1.48. The fourth-order valence-corrected chi connectivity index (χ4v) is 4.50. The van der Waals surface area contributed by atoms with Gasteiger partial charge in [-0.15, -0.1) is 0 Å². The number of ether oxygens (including phenoxy) is 2. The molecule has 0 bridgehead atoms. The average molecular weight is 529 g/mol. The molecule has 7 heteroatoms. The van der Waals surface area contributed by atoms with Crippen molar-refractivity contribution < 1.29 is 32.5 Å². The fraction of sp³-hybridized carbons (Fsp3) is 0.387. The molecule has 204 valence electrons. The van der Waals surface area contributed by atoms with Gasteiger partial charge in [0.2, 0.25) is 0 Å². The van der Waals surface area contributed by atoms with Gasteiger partial charge in [-0.2, -0.15) is 0 Å². The molecule has 0 aliphatic heterocycles. The summed E-state index contributed by atoms with van der Waals surface area (Å²) >= 11 is 0. The Hall–Kier alpha value is -3.48. The van der Waals surface area contributed by atoms with E-state index >= 15 is 8.78 Å². The van der Waals surface area contributed by atoms with Gasteiger partial charge < -0.3 is 14.6 Å². The van der Waals surface area contributed by atoms with Gasteiger partial charge in [-0.05, 0) is 70.3 Å². The van der Waals surface area contributed by atoms with Crippen molar-refractivity contribution in [2.75, 3.05) is 7.11 Å². The minimum absolute atomic E-state index is 0.00826. The first-order chi connectivity index (χ1) is 18.0. The van der Waals surface area contributed by atoms with Gasteiger partial charge >= 0.3 is 5.97 Å². The number of rotatable bonds is 11. The van der Waals surface area contributed by atoms with Gasteiger partial charge in [-0.3, -0.25) is 4.79 Å². The molecule has 0 saturated heterocycles. The van der Waals surface area contributed by atoms with Crippen LogP contribution in [0, 0.1) is 17.0 Å².